The molecule has 0 radical (unpaired) electrons. The zero-order chi connectivity index (χ0) is 19.7. The first-order valence-electron chi connectivity index (χ1n) is 12.3. The Labute approximate surface area is 171 Å². The van der Waals surface area contributed by atoms with Gasteiger partial charge in [-0.2, -0.15) is 0 Å². The molecule has 0 spiro atoms. The van der Waals surface area contributed by atoms with E-state index in [-0.39, 0.29) is 0 Å². The van der Waals surface area contributed by atoms with E-state index < -0.39 is 0 Å². The Balaban J connectivity index is 1.80. The summed E-state index contributed by atoms with van der Waals surface area (Å²) in [5.74, 6) is 0.686. The van der Waals surface area contributed by atoms with E-state index in [2.05, 4.69) is 50.0 Å². The van der Waals surface area contributed by atoms with Crippen LogP contribution in [0.1, 0.15) is 124 Å². The number of rotatable bonds is 18. The Hall–Kier alpha value is -0.660. The van der Waals surface area contributed by atoms with Crippen LogP contribution in [0.5, 0.6) is 0 Å². The molecular formula is C25H50N2. The quantitative estimate of drug-likeness (QED) is 0.223. The van der Waals surface area contributed by atoms with Crippen LogP contribution in [0, 0.1) is 5.92 Å². The van der Waals surface area contributed by atoms with E-state index in [4.69, 9.17) is 0 Å². The molecule has 0 aromatic carbocycles. The van der Waals surface area contributed by atoms with Crippen LogP contribution in [0.15, 0.2) is 12.4 Å². The van der Waals surface area contributed by atoms with Gasteiger partial charge in [0.1, 0.15) is 6.17 Å². The topological polar surface area (TPSA) is 6.48 Å². The average molecular weight is 379 g/mol. The highest BCUT2D eigenvalue weighted by molar-refractivity contribution is 4.96. The molecule has 2 heteroatoms. The number of unbranched alkanes of at least 4 members (excludes halogenated alkanes) is 15. The summed E-state index contributed by atoms with van der Waals surface area (Å²) in [5, 5.41) is 0. The maximum absolute atomic E-state index is 2.54. The zero-order valence-electron chi connectivity index (χ0n) is 19.2. The normalized spacial score (nSPS) is 16.9. The lowest BCUT2D eigenvalue weighted by molar-refractivity contribution is 0.125. The van der Waals surface area contributed by atoms with E-state index in [0.29, 0.717) is 12.1 Å². The average Bonchev–Trinajstić information content (AvgIpc) is 3.02. The number of hydrogen-bond acceptors (Lipinski definition) is 2. The second-order valence-corrected chi connectivity index (χ2v) is 9.16. The van der Waals surface area contributed by atoms with Gasteiger partial charge in [-0.3, -0.25) is 0 Å². The molecular weight excluding hydrogens is 328 g/mol. The van der Waals surface area contributed by atoms with Crippen molar-refractivity contribution in [3.05, 3.63) is 12.4 Å². The lowest BCUT2D eigenvalue weighted by atomic mass is 10.0. The van der Waals surface area contributed by atoms with Crippen LogP contribution >= 0.6 is 0 Å². The standard InChI is InChI=1S/C25H50N2/c1-5-6-7-8-9-10-11-12-13-14-15-16-17-18-19-20-21-27-23-22-26(4)25(27)24(2)3/h22-25H,5-21H2,1-4H3. The summed E-state index contributed by atoms with van der Waals surface area (Å²) in [6.45, 7) is 8.18. The summed E-state index contributed by atoms with van der Waals surface area (Å²) in [4.78, 5) is 4.89. The van der Waals surface area contributed by atoms with E-state index in [9.17, 15) is 0 Å². The maximum Gasteiger partial charge on any atom is 0.103 e. The molecule has 0 saturated heterocycles. The Morgan fingerprint density at radius 3 is 1.44 bits per heavy atom. The number of hydrogen-bond donors (Lipinski definition) is 0. The minimum absolute atomic E-state index is 0.571. The van der Waals surface area contributed by atoms with Gasteiger partial charge in [-0.15, -0.1) is 0 Å². The van der Waals surface area contributed by atoms with Crippen LogP contribution in [0.2, 0.25) is 0 Å². The largest absolute Gasteiger partial charge is 0.359 e. The first-order chi connectivity index (χ1) is 13.2. The third kappa shape index (κ3) is 11.7. The summed E-state index contributed by atoms with van der Waals surface area (Å²) in [7, 11) is 2.20. The maximum atomic E-state index is 2.54. The molecule has 0 bridgehead atoms. The monoisotopic (exact) mass is 378 g/mol. The van der Waals surface area contributed by atoms with Crippen molar-refractivity contribution < 1.29 is 0 Å². The van der Waals surface area contributed by atoms with Crippen LogP contribution < -0.4 is 0 Å². The molecule has 0 fully saturated rings. The zero-order valence-corrected chi connectivity index (χ0v) is 19.2. The molecule has 0 aliphatic carbocycles. The van der Waals surface area contributed by atoms with Gasteiger partial charge in [-0.1, -0.05) is 117 Å². The van der Waals surface area contributed by atoms with Gasteiger partial charge in [0.2, 0.25) is 0 Å². The van der Waals surface area contributed by atoms with E-state index in [1.54, 1.807) is 0 Å². The minimum Gasteiger partial charge on any atom is -0.359 e. The van der Waals surface area contributed by atoms with E-state index in [1.165, 1.54) is 109 Å². The Bertz CT molecular complexity index is 350. The highest BCUT2D eigenvalue weighted by Crippen LogP contribution is 2.21. The molecule has 0 saturated carbocycles. The van der Waals surface area contributed by atoms with Crippen molar-refractivity contribution in [1.82, 2.24) is 9.80 Å². The molecule has 0 amide bonds. The fourth-order valence-corrected chi connectivity index (χ4v) is 4.50. The molecule has 0 aromatic rings. The van der Waals surface area contributed by atoms with Crippen LogP contribution in [-0.2, 0) is 0 Å². The van der Waals surface area contributed by atoms with Gasteiger partial charge in [-0.25, -0.2) is 0 Å². The van der Waals surface area contributed by atoms with Crippen molar-refractivity contribution in [3.8, 4) is 0 Å². The molecule has 160 valence electrons. The van der Waals surface area contributed by atoms with Gasteiger partial charge in [0.25, 0.3) is 0 Å². The summed E-state index contributed by atoms with van der Waals surface area (Å²) in [6, 6.07) is 0. The van der Waals surface area contributed by atoms with Crippen molar-refractivity contribution in [2.45, 2.75) is 130 Å². The van der Waals surface area contributed by atoms with Gasteiger partial charge in [0.15, 0.2) is 0 Å². The molecule has 1 aliphatic rings. The molecule has 1 aliphatic heterocycles. The summed E-state index contributed by atoms with van der Waals surface area (Å²) >= 11 is 0. The molecule has 1 atom stereocenters. The van der Waals surface area contributed by atoms with E-state index in [0.717, 1.165) is 0 Å². The van der Waals surface area contributed by atoms with Crippen molar-refractivity contribution in [2.24, 2.45) is 5.92 Å². The van der Waals surface area contributed by atoms with Gasteiger partial charge < -0.3 is 9.80 Å². The van der Waals surface area contributed by atoms with Crippen molar-refractivity contribution in [1.29, 1.82) is 0 Å². The summed E-state index contributed by atoms with van der Waals surface area (Å²) in [5.41, 5.74) is 0. The molecule has 1 rings (SSSR count). The second kappa shape index (κ2) is 16.3. The van der Waals surface area contributed by atoms with E-state index >= 15 is 0 Å². The Morgan fingerprint density at radius 2 is 1.04 bits per heavy atom. The highest BCUT2D eigenvalue weighted by Gasteiger charge is 2.25. The molecule has 0 aromatic heterocycles. The highest BCUT2D eigenvalue weighted by atomic mass is 15.4. The summed E-state index contributed by atoms with van der Waals surface area (Å²) in [6.07, 6.45) is 28.2. The molecule has 1 heterocycles. The first-order valence-corrected chi connectivity index (χ1v) is 12.3. The van der Waals surface area contributed by atoms with Gasteiger partial charge in [0.05, 0.1) is 0 Å². The lowest BCUT2D eigenvalue weighted by Crippen LogP contribution is -2.41. The van der Waals surface area contributed by atoms with E-state index in [1.807, 2.05) is 0 Å². The minimum atomic E-state index is 0.571. The molecule has 2 nitrogen and oxygen atoms in total. The van der Waals surface area contributed by atoms with Crippen molar-refractivity contribution in [2.75, 3.05) is 13.6 Å². The Morgan fingerprint density at radius 1 is 0.630 bits per heavy atom. The van der Waals surface area contributed by atoms with Crippen LogP contribution in [0.4, 0.5) is 0 Å². The number of nitrogens with zero attached hydrogens (tertiary/aromatic N) is 2. The van der Waals surface area contributed by atoms with Gasteiger partial charge >= 0.3 is 0 Å². The van der Waals surface area contributed by atoms with Crippen LogP contribution in [0.25, 0.3) is 0 Å². The fourth-order valence-electron chi connectivity index (χ4n) is 4.50. The first kappa shape index (κ1) is 24.4. The lowest BCUT2D eigenvalue weighted by Gasteiger charge is -2.33. The fraction of sp³-hybridized carbons (Fsp3) is 0.920. The van der Waals surface area contributed by atoms with Crippen LogP contribution in [0.3, 0.4) is 0 Å². The third-order valence-corrected chi connectivity index (χ3v) is 6.12. The predicted octanol–water partition coefficient (Wildman–Crippen LogP) is 7.95. The van der Waals surface area contributed by atoms with Gasteiger partial charge in [-0.05, 0) is 12.3 Å². The van der Waals surface area contributed by atoms with Crippen molar-refractivity contribution >= 4 is 0 Å². The SMILES string of the molecule is CCCCCCCCCCCCCCCCCCN1C=CN(C)C1C(C)C. The molecule has 0 N–H and O–H groups in total. The van der Waals surface area contributed by atoms with Crippen molar-refractivity contribution in [3.63, 3.8) is 0 Å². The molecule has 1 unspecified atom stereocenters. The Kier molecular flexibility index (Phi) is 14.7. The molecule has 27 heavy (non-hydrogen) atoms. The second-order valence-electron chi connectivity index (χ2n) is 9.16. The van der Waals surface area contributed by atoms with Gasteiger partial charge in [0, 0.05) is 26.0 Å². The third-order valence-electron chi connectivity index (χ3n) is 6.12. The smallest absolute Gasteiger partial charge is 0.103 e. The predicted molar refractivity (Wildman–Crippen MR) is 122 cm³/mol. The van der Waals surface area contributed by atoms with Crippen LogP contribution in [-0.4, -0.2) is 29.6 Å². The summed E-state index contributed by atoms with van der Waals surface area (Å²) < 4.78 is 0.